The van der Waals surface area contributed by atoms with Gasteiger partial charge in [-0.05, 0) is 56.2 Å². The summed E-state index contributed by atoms with van der Waals surface area (Å²) in [5.41, 5.74) is 1.73. The quantitative estimate of drug-likeness (QED) is 0.805. The standard InChI is InChI=1S/C18H21ClN2O3S/c1-12(2)20-18(22)11-14-7-9-15(10-8-14)21-25(23,24)17-6-4-5-16(19)13(17)3/h4-10,12,21H,11H2,1-3H3,(H,20,22). The van der Waals surface area contributed by atoms with Crippen molar-refractivity contribution in [3.05, 3.63) is 58.6 Å². The van der Waals surface area contributed by atoms with E-state index in [0.29, 0.717) is 16.3 Å². The van der Waals surface area contributed by atoms with Crippen LogP contribution < -0.4 is 10.0 Å². The first-order chi connectivity index (χ1) is 11.7. The molecule has 7 heteroatoms. The highest BCUT2D eigenvalue weighted by Gasteiger charge is 2.18. The van der Waals surface area contributed by atoms with Crippen molar-refractivity contribution in [3.8, 4) is 0 Å². The molecule has 2 aromatic rings. The Morgan fingerprint density at radius 2 is 1.76 bits per heavy atom. The minimum absolute atomic E-state index is 0.0714. The molecule has 0 saturated heterocycles. The summed E-state index contributed by atoms with van der Waals surface area (Å²) in [5, 5.41) is 3.21. The van der Waals surface area contributed by atoms with Crippen molar-refractivity contribution in [2.45, 2.75) is 38.1 Å². The van der Waals surface area contributed by atoms with Crippen molar-refractivity contribution in [3.63, 3.8) is 0 Å². The highest BCUT2D eigenvalue weighted by atomic mass is 35.5. The Morgan fingerprint density at radius 1 is 1.12 bits per heavy atom. The third-order valence-electron chi connectivity index (χ3n) is 3.53. The first-order valence-corrected chi connectivity index (χ1v) is 9.71. The van der Waals surface area contributed by atoms with Crippen molar-refractivity contribution in [2.24, 2.45) is 0 Å². The molecule has 0 radical (unpaired) electrons. The SMILES string of the molecule is Cc1c(Cl)cccc1S(=O)(=O)Nc1ccc(CC(=O)NC(C)C)cc1. The zero-order valence-corrected chi connectivity index (χ0v) is 15.9. The second-order valence-corrected chi connectivity index (χ2v) is 8.12. The second kappa shape index (κ2) is 7.89. The fourth-order valence-electron chi connectivity index (χ4n) is 2.34. The monoisotopic (exact) mass is 380 g/mol. The minimum atomic E-state index is -3.73. The number of rotatable bonds is 6. The number of amides is 1. The summed E-state index contributed by atoms with van der Waals surface area (Å²) >= 11 is 6.00. The number of sulfonamides is 1. The molecule has 134 valence electrons. The molecule has 0 fully saturated rings. The van der Waals surface area contributed by atoms with Crippen LogP contribution in [-0.4, -0.2) is 20.4 Å². The largest absolute Gasteiger partial charge is 0.354 e. The van der Waals surface area contributed by atoms with Gasteiger partial charge in [0.1, 0.15) is 0 Å². The number of carbonyl (C=O) groups is 1. The first kappa shape index (κ1) is 19.3. The number of anilines is 1. The molecule has 2 rings (SSSR count). The Morgan fingerprint density at radius 3 is 2.36 bits per heavy atom. The normalized spacial score (nSPS) is 11.4. The van der Waals surface area contributed by atoms with Gasteiger partial charge in [0.25, 0.3) is 10.0 Å². The lowest BCUT2D eigenvalue weighted by Crippen LogP contribution is -2.31. The molecular formula is C18H21ClN2O3S. The maximum Gasteiger partial charge on any atom is 0.262 e. The Hall–Kier alpha value is -2.05. The molecule has 0 atom stereocenters. The van der Waals surface area contributed by atoms with Gasteiger partial charge in [-0.1, -0.05) is 29.8 Å². The molecule has 0 aliphatic rings. The average Bonchev–Trinajstić information content (AvgIpc) is 2.50. The Labute approximate surface area is 153 Å². The van der Waals surface area contributed by atoms with Gasteiger partial charge in [-0.15, -0.1) is 0 Å². The van der Waals surface area contributed by atoms with Crippen LogP contribution >= 0.6 is 11.6 Å². The molecule has 0 aromatic heterocycles. The fraction of sp³-hybridized carbons (Fsp3) is 0.278. The van der Waals surface area contributed by atoms with Gasteiger partial charge in [-0.3, -0.25) is 9.52 Å². The van der Waals surface area contributed by atoms with Gasteiger partial charge < -0.3 is 5.32 Å². The summed E-state index contributed by atoms with van der Waals surface area (Å²) in [7, 11) is -3.73. The highest BCUT2D eigenvalue weighted by Crippen LogP contribution is 2.24. The Kier molecular flexibility index (Phi) is 6.08. The average molecular weight is 381 g/mol. The van der Waals surface area contributed by atoms with Crippen LogP contribution in [0.5, 0.6) is 0 Å². The minimum Gasteiger partial charge on any atom is -0.354 e. The van der Waals surface area contributed by atoms with Crippen LogP contribution in [0.15, 0.2) is 47.4 Å². The van der Waals surface area contributed by atoms with Gasteiger partial charge in [0.2, 0.25) is 5.91 Å². The van der Waals surface area contributed by atoms with E-state index in [2.05, 4.69) is 10.0 Å². The molecule has 0 spiro atoms. The maximum atomic E-state index is 12.5. The lowest BCUT2D eigenvalue weighted by molar-refractivity contribution is -0.120. The number of nitrogens with one attached hydrogen (secondary N) is 2. The molecule has 0 heterocycles. The van der Waals surface area contributed by atoms with Crippen molar-refractivity contribution in [1.29, 1.82) is 0 Å². The molecule has 0 unspecified atom stereocenters. The predicted octanol–water partition coefficient (Wildman–Crippen LogP) is 3.52. The third kappa shape index (κ3) is 5.21. The van der Waals surface area contributed by atoms with E-state index in [-0.39, 0.29) is 23.3 Å². The number of hydrogen-bond donors (Lipinski definition) is 2. The molecule has 2 N–H and O–H groups in total. The zero-order chi connectivity index (χ0) is 18.6. The molecule has 5 nitrogen and oxygen atoms in total. The highest BCUT2D eigenvalue weighted by molar-refractivity contribution is 7.92. The molecule has 2 aromatic carbocycles. The smallest absolute Gasteiger partial charge is 0.262 e. The van der Waals surface area contributed by atoms with E-state index in [1.807, 2.05) is 13.8 Å². The van der Waals surface area contributed by atoms with E-state index in [1.54, 1.807) is 43.3 Å². The van der Waals surface area contributed by atoms with Crippen molar-refractivity contribution in [2.75, 3.05) is 4.72 Å². The summed E-state index contributed by atoms with van der Waals surface area (Å²) in [6.45, 7) is 5.45. The van der Waals surface area contributed by atoms with Gasteiger partial charge >= 0.3 is 0 Å². The fourth-order valence-corrected chi connectivity index (χ4v) is 3.90. The molecular weight excluding hydrogens is 360 g/mol. The van der Waals surface area contributed by atoms with Gasteiger partial charge in [0.05, 0.1) is 11.3 Å². The van der Waals surface area contributed by atoms with Crippen LogP contribution in [0.4, 0.5) is 5.69 Å². The van der Waals surface area contributed by atoms with Gasteiger partial charge in [-0.25, -0.2) is 8.42 Å². The molecule has 1 amide bonds. The lowest BCUT2D eigenvalue weighted by Gasteiger charge is -2.12. The topological polar surface area (TPSA) is 75.3 Å². The third-order valence-corrected chi connectivity index (χ3v) is 5.46. The number of halogens is 1. The van der Waals surface area contributed by atoms with E-state index in [1.165, 1.54) is 6.07 Å². The summed E-state index contributed by atoms with van der Waals surface area (Å²) < 4.78 is 27.6. The predicted molar refractivity (Wildman–Crippen MR) is 100 cm³/mol. The summed E-state index contributed by atoms with van der Waals surface area (Å²) in [4.78, 5) is 11.9. The van der Waals surface area contributed by atoms with Crippen molar-refractivity contribution >= 4 is 33.2 Å². The van der Waals surface area contributed by atoms with E-state index in [4.69, 9.17) is 11.6 Å². The van der Waals surface area contributed by atoms with Crippen LogP contribution in [0, 0.1) is 6.92 Å². The van der Waals surface area contributed by atoms with Gasteiger partial charge in [0.15, 0.2) is 0 Å². The maximum absolute atomic E-state index is 12.5. The van der Waals surface area contributed by atoms with E-state index in [9.17, 15) is 13.2 Å². The van der Waals surface area contributed by atoms with Crippen LogP contribution in [0.25, 0.3) is 0 Å². The Bertz CT molecular complexity index is 862. The summed E-state index contributed by atoms with van der Waals surface area (Å²) in [6, 6.07) is 11.6. The number of hydrogen-bond acceptors (Lipinski definition) is 3. The van der Waals surface area contributed by atoms with E-state index in [0.717, 1.165) is 5.56 Å². The molecule has 25 heavy (non-hydrogen) atoms. The van der Waals surface area contributed by atoms with Crippen LogP contribution in [-0.2, 0) is 21.2 Å². The summed E-state index contributed by atoms with van der Waals surface area (Å²) in [5.74, 6) is -0.0714. The lowest BCUT2D eigenvalue weighted by atomic mass is 10.1. The zero-order valence-electron chi connectivity index (χ0n) is 14.3. The molecule has 0 saturated carbocycles. The number of benzene rings is 2. The van der Waals surface area contributed by atoms with Crippen LogP contribution in [0.2, 0.25) is 5.02 Å². The van der Waals surface area contributed by atoms with Crippen LogP contribution in [0.3, 0.4) is 0 Å². The Balaban J connectivity index is 2.13. The molecule has 0 aliphatic heterocycles. The van der Waals surface area contributed by atoms with E-state index >= 15 is 0 Å². The molecule has 0 aliphatic carbocycles. The van der Waals surface area contributed by atoms with Crippen molar-refractivity contribution < 1.29 is 13.2 Å². The van der Waals surface area contributed by atoms with Crippen molar-refractivity contribution in [1.82, 2.24) is 5.32 Å². The van der Waals surface area contributed by atoms with E-state index < -0.39 is 10.0 Å². The second-order valence-electron chi connectivity index (χ2n) is 6.06. The summed E-state index contributed by atoms with van der Waals surface area (Å²) in [6.07, 6.45) is 0.249. The molecule has 0 bridgehead atoms. The van der Waals surface area contributed by atoms with Gasteiger partial charge in [0, 0.05) is 16.8 Å². The first-order valence-electron chi connectivity index (χ1n) is 7.85. The number of carbonyl (C=O) groups excluding carboxylic acids is 1. The van der Waals surface area contributed by atoms with Crippen LogP contribution in [0.1, 0.15) is 25.0 Å². The van der Waals surface area contributed by atoms with Gasteiger partial charge in [-0.2, -0.15) is 0 Å².